The van der Waals surface area contributed by atoms with Gasteiger partial charge in [-0.2, -0.15) is 5.26 Å². The van der Waals surface area contributed by atoms with Crippen LogP contribution in [0.3, 0.4) is 0 Å². The molecule has 108 valence electrons. The zero-order valence-electron chi connectivity index (χ0n) is 12.1. The summed E-state index contributed by atoms with van der Waals surface area (Å²) in [7, 11) is 2.02. The van der Waals surface area contributed by atoms with Gasteiger partial charge in [0.25, 0.3) is 0 Å². The summed E-state index contributed by atoms with van der Waals surface area (Å²) in [6.45, 7) is 2.01. The van der Waals surface area contributed by atoms with Crippen molar-refractivity contribution >= 4 is 21.6 Å². The molecule has 0 aliphatic rings. The van der Waals surface area contributed by atoms with Gasteiger partial charge in [0.05, 0.1) is 17.7 Å². The van der Waals surface area contributed by atoms with Gasteiger partial charge in [-0.3, -0.25) is 0 Å². The van der Waals surface area contributed by atoms with Gasteiger partial charge in [0, 0.05) is 23.2 Å². The predicted molar refractivity (Wildman–Crippen MR) is 90.1 cm³/mol. The fourth-order valence-corrected chi connectivity index (χ4v) is 2.92. The Balaban J connectivity index is 2.35. The van der Waals surface area contributed by atoms with Crippen molar-refractivity contribution in [2.45, 2.75) is 19.0 Å². The molecule has 2 N–H and O–H groups in total. The smallest absolute Gasteiger partial charge is 0.0991 e. The molecule has 0 saturated heterocycles. The van der Waals surface area contributed by atoms with Gasteiger partial charge in [-0.05, 0) is 48.9 Å². The molecule has 4 heteroatoms. The van der Waals surface area contributed by atoms with Crippen molar-refractivity contribution in [1.82, 2.24) is 0 Å². The summed E-state index contributed by atoms with van der Waals surface area (Å²) in [5.74, 6) is 0. The van der Waals surface area contributed by atoms with E-state index in [1.165, 1.54) is 0 Å². The maximum Gasteiger partial charge on any atom is 0.0991 e. The van der Waals surface area contributed by atoms with Gasteiger partial charge in [-0.1, -0.05) is 28.1 Å². The van der Waals surface area contributed by atoms with Crippen molar-refractivity contribution in [2.24, 2.45) is 5.73 Å². The van der Waals surface area contributed by atoms with Crippen molar-refractivity contribution in [3.05, 3.63) is 64.1 Å². The minimum absolute atomic E-state index is 0.0278. The number of benzene rings is 2. The van der Waals surface area contributed by atoms with E-state index in [2.05, 4.69) is 39.0 Å². The largest absolute Gasteiger partial charge is 0.366 e. The van der Waals surface area contributed by atoms with E-state index in [4.69, 9.17) is 11.0 Å². The number of rotatable bonds is 4. The highest BCUT2D eigenvalue weighted by Crippen LogP contribution is 2.29. The summed E-state index contributed by atoms with van der Waals surface area (Å²) in [4.78, 5) is 2.15. The molecule has 0 amide bonds. The van der Waals surface area contributed by atoms with Crippen LogP contribution in [0.5, 0.6) is 0 Å². The summed E-state index contributed by atoms with van der Waals surface area (Å²) in [5.41, 5.74) is 9.06. The highest BCUT2D eigenvalue weighted by molar-refractivity contribution is 9.10. The zero-order chi connectivity index (χ0) is 15.4. The standard InChI is InChI=1S/C17H18BrN3/c1-12(20)17(14-4-3-5-15(18)10-14)21(2)16-8-6-13(11-19)7-9-16/h3-10,12,17H,20H2,1-2H3. The Morgan fingerprint density at radius 1 is 1.19 bits per heavy atom. The minimum Gasteiger partial charge on any atom is -0.366 e. The van der Waals surface area contributed by atoms with Gasteiger partial charge in [0.2, 0.25) is 0 Å². The monoisotopic (exact) mass is 343 g/mol. The second kappa shape index (κ2) is 6.75. The summed E-state index contributed by atoms with van der Waals surface area (Å²) in [6.07, 6.45) is 0. The number of nitrogens with two attached hydrogens (primary N) is 1. The third-order valence-corrected chi connectivity index (χ3v) is 4.00. The molecule has 21 heavy (non-hydrogen) atoms. The number of hydrogen-bond acceptors (Lipinski definition) is 3. The van der Waals surface area contributed by atoms with Crippen molar-refractivity contribution < 1.29 is 0 Å². The number of anilines is 1. The molecule has 0 fully saturated rings. The maximum absolute atomic E-state index is 8.88. The Labute approximate surface area is 134 Å². The molecule has 0 saturated carbocycles. The van der Waals surface area contributed by atoms with Crippen LogP contribution in [0.25, 0.3) is 0 Å². The van der Waals surface area contributed by atoms with E-state index in [1.807, 2.05) is 50.4 Å². The Bertz CT molecular complexity index is 644. The first-order chi connectivity index (χ1) is 10.0. The van der Waals surface area contributed by atoms with Crippen LogP contribution in [0.15, 0.2) is 53.0 Å². The molecule has 0 heterocycles. The van der Waals surface area contributed by atoms with E-state index in [-0.39, 0.29) is 12.1 Å². The molecule has 0 aromatic heterocycles. The summed E-state index contributed by atoms with van der Waals surface area (Å²) >= 11 is 3.51. The Kier molecular flexibility index (Phi) is 5.00. The lowest BCUT2D eigenvalue weighted by Gasteiger charge is -2.33. The lowest BCUT2D eigenvalue weighted by Crippen LogP contribution is -2.37. The quantitative estimate of drug-likeness (QED) is 0.917. The molecule has 0 radical (unpaired) electrons. The van der Waals surface area contributed by atoms with Crippen molar-refractivity contribution in [2.75, 3.05) is 11.9 Å². The first kappa shape index (κ1) is 15.6. The molecule has 2 aromatic rings. The highest BCUT2D eigenvalue weighted by atomic mass is 79.9. The fraction of sp³-hybridized carbons (Fsp3) is 0.235. The third-order valence-electron chi connectivity index (χ3n) is 3.51. The topological polar surface area (TPSA) is 53.0 Å². The lowest BCUT2D eigenvalue weighted by molar-refractivity contribution is 0.558. The van der Waals surface area contributed by atoms with Crippen LogP contribution in [-0.4, -0.2) is 13.1 Å². The molecule has 2 unspecified atom stereocenters. The summed E-state index contributed by atoms with van der Waals surface area (Å²) in [6, 6.07) is 17.9. The zero-order valence-corrected chi connectivity index (χ0v) is 13.7. The number of hydrogen-bond donors (Lipinski definition) is 1. The van der Waals surface area contributed by atoms with E-state index >= 15 is 0 Å². The number of nitrogens with zero attached hydrogens (tertiary/aromatic N) is 2. The SMILES string of the molecule is CC(N)C(c1cccc(Br)c1)N(C)c1ccc(C#N)cc1. The van der Waals surface area contributed by atoms with E-state index in [0.717, 1.165) is 15.7 Å². The first-order valence-electron chi connectivity index (χ1n) is 6.77. The second-order valence-electron chi connectivity index (χ2n) is 5.13. The molecule has 0 aliphatic heterocycles. The second-order valence-corrected chi connectivity index (χ2v) is 6.04. The van der Waals surface area contributed by atoms with E-state index in [9.17, 15) is 0 Å². The Morgan fingerprint density at radius 2 is 1.86 bits per heavy atom. The van der Waals surface area contributed by atoms with Crippen LogP contribution in [-0.2, 0) is 0 Å². The van der Waals surface area contributed by atoms with Crippen LogP contribution in [0.4, 0.5) is 5.69 Å². The van der Waals surface area contributed by atoms with Gasteiger partial charge >= 0.3 is 0 Å². The minimum atomic E-state index is -0.0278. The first-order valence-corrected chi connectivity index (χ1v) is 7.56. The molecule has 2 atom stereocenters. The molecular weight excluding hydrogens is 326 g/mol. The fourth-order valence-electron chi connectivity index (χ4n) is 2.50. The maximum atomic E-state index is 8.88. The lowest BCUT2D eigenvalue weighted by atomic mass is 9.99. The van der Waals surface area contributed by atoms with E-state index in [0.29, 0.717) is 5.56 Å². The molecule has 2 aromatic carbocycles. The summed E-state index contributed by atoms with van der Waals surface area (Å²) < 4.78 is 1.04. The van der Waals surface area contributed by atoms with Gasteiger partial charge in [-0.15, -0.1) is 0 Å². The van der Waals surface area contributed by atoms with E-state index in [1.54, 1.807) is 0 Å². The Hall–Kier alpha value is -1.83. The number of nitriles is 1. The third kappa shape index (κ3) is 3.63. The van der Waals surface area contributed by atoms with Gasteiger partial charge in [0.1, 0.15) is 0 Å². The van der Waals surface area contributed by atoms with Crippen LogP contribution in [0.1, 0.15) is 24.1 Å². The van der Waals surface area contributed by atoms with Crippen molar-refractivity contribution in [1.29, 1.82) is 5.26 Å². The number of likely N-dealkylation sites (N-methyl/N-ethyl adjacent to an activating group) is 1. The average molecular weight is 344 g/mol. The molecule has 0 aliphatic carbocycles. The van der Waals surface area contributed by atoms with Crippen LogP contribution in [0.2, 0.25) is 0 Å². The average Bonchev–Trinajstić information content (AvgIpc) is 2.47. The molecule has 0 bridgehead atoms. The van der Waals surface area contributed by atoms with Crippen molar-refractivity contribution in [3.63, 3.8) is 0 Å². The normalized spacial score (nSPS) is 13.3. The highest BCUT2D eigenvalue weighted by Gasteiger charge is 2.21. The molecular formula is C17H18BrN3. The van der Waals surface area contributed by atoms with Gasteiger partial charge in [0.15, 0.2) is 0 Å². The summed E-state index contributed by atoms with van der Waals surface area (Å²) in [5, 5.41) is 8.88. The van der Waals surface area contributed by atoms with Crippen LogP contribution in [0, 0.1) is 11.3 Å². The van der Waals surface area contributed by atoms with Gasteiger partial charge < -0.3 is 10.6 Å². The van der Waals surface area contributed by atoms with Crippen molar-refractivity contribution in [3.8, 4) is 6.07 Å². The number of halogens is 1. The van der Waals surface area contributed by atoms with Crippen LogP contribution < -0.4 is 10.6 Å². The van der Waals surface area contributed by atoms with E-state index < -0.39 is 0 Å². The molecule has 3 nitrogen and oxygen atoms in total. The molecule has 2 rings (SSSR count). The predicted octanol–water partition coefficient (Wildman–Crippen LogP) is 3.85. The van der Waals surface area contributed by atoms with Gasteiger partial charge in [-0.25, -0.2) is 0 Å². The van der Waals surface area contributed by atoms with Crippen LogP contribution >= 0.6 is 15.9 Å². The Morgan fingerprint density at radius 3 is 2.38 bits per heavy atom. The molecule has 0 spiro atoms.